The minimum atomic E-state index is -0.831. The molecule has 0 radical (unpaired) electrons. The molecule has 1 fully saturated rings. The van der Waals surface area contributed by atoms with Gasteiger partial charge in [0.15, 0.2) is 5.75 Å². The Morgan fingerprint density at radius 3 is 2.78 bits per heavy atom. The van der Waals surface area contributed by atoms with Gasteiger partial charge in [-0.2, -0.15) is 0 Å². The van der Waals surface area contributed by atoms with E-state index in [2.05, 4.69) is 25.6 Å². The maximum Gasteiger partial charge on any atom is 0.226 e. The van der Waals surface area contributed by atoms with E-state index in [1.807, 2.05) is 6.92 Å². The van der Waals surface area contributed by atoms with Gasteiger partial charge in [0.1, 0.15) is 18.2 Å². The number of nitrogens with one attached hydrogen (secondary N) is 2. The van der Waals surface area contributed by atoms with Crippen LogP contribution in [0.1, 0.15) is 18.5 Å². The molecule has 9 nitrogen and oxygen atoms in total. The van der Waals surface area contributed by atoms with Crippen molar-refractivity contribution in [2.75, 3.05) is 31.6 Å². The molecule has 0 aromatic carbocycles. The van der Waals surface area contributed by atoms with Gasteiger partial charge in [0.2, 0.25) is 11.8 Å². The summed E-state index contributed by atoms with van der Waals surface area (Å²) in [7, 11) is 0. The summed E-state index contributed by atoms with van der Waals surface area (Å²) in [5.74, 6) is 2.03. The predicted molar refractivity (Wildman–Crippen MR) is 99.2 cm³/mol. The number of aromatic nitrogens is 3. The van der Waals surface area contributed by atoms with E-state index in [1.54, 1.807) is 18.2 Å². The Labute approximate surface area is 157 Å². The third-order valence-corrected chi connectivity index (χ3v) is 4.17. The normalized spacial score (nSPS) is 16.0. The lowest BCUT2D eigenvalue weighted by molar-refractivity contribution is 0.105. The van der Waals surface area contributed by atoms with Gasteiger partial charge in [-0.1, -0.05) is 0 Å². The number of nitrogens with zero attached hydrogens (tertiary/aromatic N) is 3. The second kappa shape index (κ2) is 9.45. The second-order valence-corrected chi connectivity index (χ2v) is 6.36. The van der Waals surface area contributed by atoms with Crippen molar-refractivity contribution in [1.82, 2.24) is 20.3 Å². The molecule has 0 aliphatic carbocycles. The lowest BCUT2D eigenvalue weighted by Crippen LogP contribution is -2.34. The summed E-state index contributed by atoms with van der Waals surface area (Å²) in [5, 5.41) is 24.5. The molecule has 1 unspecified atom stereocenters. The molecule has 3 rings (SSSR count). The van der Waals surface area contributed by atoms with Crippen LogP contribution in [0.15, 0.2) is 24.5 Å². The standard InChI is InChI=1S/C18H25N5O4/c1-12-15(2-3-16(23-12)20-9-13(25)10-24)27-18-8-17(21-11-22-18)26-14-4-6-19-7-5-14/h2-3,8,11,13-14,19,24-25H,4-7,9-10H2,1H3,(H,20,23). The highest BCUT2D eigenvalue weighted by Gasteiger charge is 2.16. The Morgan fingerprint density at radius 2 is 2.04 bits per heavy atom. The number of rotatable bonds is 8. The van der Waals surface area contributed by atoms with E-state index in [9.17, 15) is 5.11 Å². The molecule has 3 heterocycles. The van der Waals surface area contributed by atoms with Gasteiger partial charge < -0.3 is 30.3 Å². The molecule has 1 aliphatic rings. The van der Waals surface area contributed by atoms with E-state index in [4.69, 9.17) is 14.6 Å². The number of hydrogen-bond donors (Lipinski definition) is 4. The van der Waals surface area contributed by atoms with E-state index in [-0.39, 0.29) is 19.3 Å². The highest BCUT2D eigenvalue weighted by atomic mass is 16.5. The zero-order chi connectivity index (χ0) is 19.1. The molecule has 9 heteroatoms. The summed E-state index contributed by atoms with van der Waals surface area (Å²) < 4.78 is 11.7. The van der Waals surface area contributed by atoms with Crippen molar-refractivity contribution in [2.45, 2.75) is 32.0 Å². The third-order valence-electron chi connectivity index (χ3n) is 4.17. The average molecular weight is 375 g/mol. The molecule has 2 aromatic rings. The minimum Gasteiger partial charge on any atom is -0.474 e. The Kier molecular flexibility index (Phi) is 6.74. The summed E-state index contributed by atoms with van der Waals surface area (Å²) in [6, 6.07) is 5.18. The van der Waals surface area contributed by atoms with Crippen LogP contribution in [-0.2, 0) is 0 Å². The van der Waals surface area contributed by atoms with Crippen LogP contribution in [0.2, 0.25) is 0 Å². The van der Waals surface area contributed by atoms with Gasteiger partial charge in [0.05, 0.1) is 24.5 Å². The molecule has 0 saturated carbocycles. The molecule has 0 bridgehead atoms. The number of anilines is 1. The first-order valence-corrected chi connectivity index (χ1v) is 9.02. The Bertz CT molecular complexity index is 739. The minimum absolute atomic E-state index is 0.150. The number of ether oxygens (including phenoxy) is 2. The number of hydrogen-bond acceptors (Lipinski definition) is 9. The smallest absolute Gasteiger partial charge is 0.226 e. The number of aliphatic hydroxyl groups excluding tert-OH is 2. The quantitative estimate of drug-likeness (QED) is 0.532. The van der Waals surface area contributed by atoms with E-state index >= 15 is 0 Å². The van der Waals surface area contributed by atoms with E-state index in [1.165, 1.54) is 6.33 Å². The lowest BCUT2D eigenvalue weighted by Gasteiger charge is -2.23. The van der Waals surface area contributed by atoms with Gasteiger partial charge in [-0.3, -0.25) is 0 Å². The largest absolute Gasteiger partial charge is 0.474 e. The molecular formula is C18H25N5O4. The van der Waals surface area contributed by atoms with Crippen LogP contribution in [0.5, 0.6) is 17.5 Å². The molecule has 1 aliphatic heterocycles. The molecule has 4 N–H and O–H groups in total. The first-order valence-electron chi connectivity index (χ1n) is 9.02. The first-order chi connectivity index (χ1) is 13.1. The van der Waals surface area contributed by atoms with Crippen molar-refractivity contribution in [3.05, 3.63) is 30.2 Å². The Morgan fingerprint density at radius 1 is 1.26 bits per heavy atom. The molecule has 1 atom stereocenters. The van der Waals surface area contributed by atoms with Gasteiger partial charge in [-0.15, -0.1) is 0 Å². The Hall–Kier alpha value is -2.49. The summed E-state index contributed by atoms with van der Waals surface area (Å²) >= 11 is 0. The molecule has 146 valence electrons. The predicted octanol–water partition coefficient (Wildman–Crippen LogP) is 0.868. The van der Waals surface area contributed by atoms with Gasteiger partial charge >= 0.3 is 0 Å². The van der Waals surface area contributed by atoms with Crippen molar-refractivity contribution >= 4 is 5.82 Å². The number of aliphatic hydroxyl groups is 2. The highest BCUT2D eigenvalue weighted by molar-refractivity contribution is 5.42. The maximum absolute atomic E-state index is 9.39. The topological polar surface area (TPSA) is 122 Å². The fourth-order valence-corrected chi connectivity index (χ4v) is 2.68. The molecule has 0 amide bonds. The van der Waals surface area contributed by atoms with Gasteiger partial charge in [0, 0.05) is 6.54 Å². The van der Waals surface area contributed by atoms with Crippen LogP contribution in [0.3, 0.4) is 0 Å². The van der Waals surface area contributed by atoms with Crippen LogP contribution < -0.4 is 20.1 Å². The van der Waals surface area contributed by atoms with Crippen molar-refractivity contribution in [3.63, 3.8) is 0 Å². The van der Waals surface area contributed by atoms with Gasteiger partial charge in [0.25, 0.3) is 0 Å². The summed E-state index contributed by atoms with van der Waals surface area (Å²) in [4.78, 5) is 12.7. The molecular weight excluding hydrogens is 350 g/mol. The molecule has 1 saturated heterocycles. The van der Waals surface area contributed by atoms with Crippen molar-refractivity contribution in [3.8, 4) is 17.5 Å². The van der Waals surface area contributed by atoms with Crippen molar-refractivity contribution in [1.29, 1.82) is 0 Å². The van der Waals surface area contributed by atoms with Gasteiger partial charge in [-0.05, 0) is 45.0 Å². The van der Waals surface area contributed by atoms with E-state index in [0.29, 0.717) is 29.0 Å². The van der Waals surface area contributed by atoms with Crippen LogP contribution in [0.4, 0.5) is 5.82 Å². The van der Waals surface area contributed by atoms with Crippen molar-refractivity contribution < 1.29 is 19.7 Å². The monoisotopic (exact) mass is 375 g/mol. The number of pyridine rings is 1. The van der Waals surface area contributed by atoms with Crippen LogP contribution >= 0.6 is 0 Å². The zero-order valence-electron chi connectivity index (χ0n) is 15.3. The van der Waals surface area contributed by atoms with Crippen LogP contribution in [-0.4, -0.2) is 63.6 Å². The SMILES string of the molecule is Cc1nc(NCC(O)CO)ccc1Oc1cc(OC2CCNCC2)ncn1. The van der Waals surface area contributed by atoms with E-state index in [0.717, 1.165) is 25.9 Å². The van der Waals surface area contributed by atoms with Crippen molar-refractivity contribution in [2.24, 2.45) is 0 Å². The summed E-state index contributed by atoms with van der Waals surface area (Å²) in [6.07, 6.45) is 2.63. The Balaban J connectivity index is 1.61. The fourth-order valence-electron chi connectivity index (χ4n) is 2.68. The van der Waals surface area contributed by atoms with Gasteiger partial charge in [-0.25, -0.2) is 15.0 Å². The lowest BCUT2D eigenvalue weighted by atomic mass is 10.1. The number of aryl methyl sites for hydroxylation is 1. The second-order valence-electron chi connectivity index (χ2n) is 6.36. The maximum atomic E-state index is 9.39. The number of piperidine rings is 1. The van der Waals surface area contributed by atoms with Crippen LogP contribution in [0, 0.1) is 6.92 Å². The third kappa shape index (κ3) is 5.75. The fraction of sp³-hybridized carbons (Fsp3) is 0.500. The zero-order valence-corrected chi connectivity index (χ0v) is 15.3. The summed E-state index contributed by atoms with van der Waals surface area (Å²) in [6.45, 7) is 3.62. The molecule has 2 aromatic heterocycles. The molecule has 27 heavy (non-hydrogen) atoms. The molecule has 0 spiro atoms. The summed E-state index contributed by atoms with van der Waals surface area (Å²) in [5.41, 5.74) is 0.665. The highest BCUT2D eigenvalue weighted by Crippen LogP contribution is 2.26. The van der Waals surface area contributed by atoms with Crippen LogP contribution in [0.25, 0.3) is 0 Å². The van der Waals surface area contributed by atoms with E-state index < -0.39 is 6.10 Å². The first kappa shape index (κ1) is 19.3. The average Bonchev–Trinajstić information content (AvgIpc) is 2.69.